The molecule has 9 nitrogen and oxygen atoms in total. The van der Waals surface area contributed by atoms with E-state index in [0.29, 0.717) is 38.1 Å². The second kappa shape index (κ2) is 18.2. The number of hydrogen-bond donors (Lipinski definition) is 3. The van der Waals surface area contributed by atoms with Crippen molar-refractivity contribution in [3.05, 3.63) is 110 Å². The Bertz CT molecular complexity index is 1530. The predicted molar refractivity (Wildman–Crippen MR) is 189 cm³/mol. The minimum Gasteiger partial charge on any atom is -0.444 e. The maximum absolute atomic E-state index is 13.4. The molecule has 4 amide bonds. The van der Waals surface area contributed by atoms with Crippen LogP contribution in [-0.4, -0.2) is 53.1 Å². The summed E-state index contributed by atoms with van der Waals surface area (Å²) in [6, 6.07) is 22.3. The molecule has 0 spiro atoms. The quantitative estimate of drug-likeness (QED) is 0.120. The molecule has 0 unspecified atom stereocenters. The Morgan fingerprint density at radius 3 is 1.98 bits per heavy atom. The van der Waals surface area contributed by atoms with Gasteiger partial charge in [0.15, 0.2) is 0 Å². The number of thiazole rings is 1. The summed E-state index contributed by atoms with van der Waals surface area (Å²) in [4.78, 5) is 46.3. The molecule has 4 rings (SSSR count). The van der Waals surface area contributed by atoms with Gasteiger partial charge in [-0.15, -0.1) is 22.7 Å². The Kier molecular flexibility index (Phi) is 13.8. The van der Waals surface area contributed by atoms with E-state index < -0.39 is 12.1 Å². The number of aromatic nitrogens is 1. The summed E-state index contributed by atoms with van der Waals surface area (Å²) in [7, 11) is 1.69. The molecule has 0 aliphatic heterocycles. The molecule has 4 aromatic rings. The van der Waals surface area contributed by atoms with Gasteiger partial charge in [0.1, 0.15) is 12.6 Å². The zero-order valence-electron chi connectivity index (χ0n) is 27.5. The highest BCUT2D eigenvalue weighted by Gasteiger charge is 2.23. The normalized spacial score (nSPS) is 13.0. The highest BCUT2D eigenvalue weighted by atomic mass is 32.1. The minimum atomic E-state index is -0.754. The number of urea groups is 1. The lowest BCUT2D eigenvalue weighted by Crippen LogP contribution is -2.51. The van der Waals surface area contributed by atoms with Crippen LogP contribution in [0.3, 0.4) is 0 Å². The summed E-state index contributed by atoms with van der Waals surface area (Å²) >= 11 is 3.13. The number of amides is 4. The summed E-state index contributed by atoms with van der Waals surface area (Å²) in [5.41, 5.74) is 3.00. The van der Waals surface area contributed by atoms with Crippen molar-refractivity contribution in [3.8, 4) is 0 Å². The fourth-order valence-electron chi connectivity index (χ4n) is 5.05. The summed E-state index contributed by atoms with van der Waals surface area (Å²) in [5.74, 6) is 0.0569. The lowest BCUT2D eigenvalue weighted by Gasteiger charge is -2.26. The molecule has 11 heteroatoms. The molecular formula is C36H45N5O4S2. The fraction of sp³-hybridized carbons (Fsp3) is 0.389. The third kappa shape index (κ3) is 12.1. The van der Waals surface area contributed by atoms with Gasteiger partial charge in [0.25, 0.3) is 0 Å². The van der Waals surface area contributed by atoms with Gasteiger partial charge in [-0.3, -0.25) is 4.79 Å². The zero-order valence-corrected chi connectivity index (χ0v) is 29.1. The number of carbonyl (C=O) groups is 3. The van der Waals surface area contributed by atoms with Crippen LogP contribution in [0.25, 0.3) is 0 Å². The van der Waals surface area contributed by atoms with Crippen molar-refractivity contribution in [2.45, 2.75) is 83.6 Å². The Labute approximate surface area is 285 Å². The van der Waals surface area contributed by atoms with Gasteiger partial charge in [-0.25, -0.2) is 14.6 Å². The van der Waals surface area contributed by atoms with Crippen LogP contribution in [0.2, 0.25) is 0 Å². The first-order chi connectivity index (χ1) is 22.7. The van der Waals surface area contributed by atoms with Crippen LogP contribution < -0.4 is 16.0 Å². The molecule has 47 heavy (non-hydrogen) atoms. The Morgan fingerprint density at radius 1 is 0.809 bits per heavy atom. The number of nitrogens with zero attached hydrogens (tertiary/aromatic N) is 2. The molecule has 0 saturated heterocycles. The Morgan fingerprint density at radius 2 is 1.43 bits per heavy atom. The number of nitrogens with one attached hydrogen (secondary N) is 3. The first-order valence-electron chi connectivity index (χ1n) is 16.0. The average Bonchev–Trinajstić information content (AvgIpc) is 3.76. The van der Waals surface area contributed by atoms with Gasteiger partial charge in [0.05, 0.1) is 17.2 Å². The first-order valence-corrected chi connectivity index (χ1v) is 17.7. The monoisotopic (exact) mass is 675 g/mol. The van der Waals surface area contributed by atoms with Crippen LogP contribution in [0.4, 0.5) is 9.59 Å². The van der Waals surface area contributed by atoms with Gasteiger partial charge in [0.2, 0.25) is 5.91 Å². The number of rotatable bonds is 16. The van der Waals surface area contributed by atoms with E-state index in [1.165, 1.54) is 16.2 Å². The summed E-state index contributed by atoms with van der Waals surface area (Å²) in [6.07, 6.45) is 1.97. The van der Waals surface area contributed by atoms with Crippen molar-refractivity contribution in [3.63, 3.8) is 0 Å². The number of benzene rings is 2. The molecule has 0 aliphatic rings. The second-order valence-electron chi connectivity index (χ2n) is 12.0. The molecule has 2 aromatic carbocycles. The van der Waals surface area contributed by atoms with Crippen molar-refractivity contribution in [1.82, 2.24) is 25.8 Å². The maximum atomic E-state index is 13.4. The van der Waals surface area contributed by atoms with E-state index >= 15 is 0 Å². The SMILES string of the molecule is CC(C)c1nc(CN(C)C(=O)N[C@@H](C)C(=O)N[C@H](CC[C@H](Cc2ccccc2)NC(=O)OCc2cccs2)Cc2ccccc2)cs1. The zero-order chi connectivity index (χ0) is 33.6. The van der Waals surface area contributed by atoms with Crippen molar-refractivity contribution >= 4 is 40.7 Å². The van der Waals surface area contributed by atoms with Gasteiger partial charge in [0, 0.05) is 35.3 Å². The van der Waals surface area contributed by atoms with Crippen LogP contribution in [-0.2, 0) is 35.5 Å². The summed E-state index contributed by atoms with van der Waals surface area (Å²) in [6.45, 7) is 6.43. The minimum absolute atomic E-state index is 0.212. The van der Waals surface area contributed by atoms with Gasteiger partial charge >= 0.3 is 12.1 Å². The van der Waals surface area contributed by atoms with Gasteiger partial charge < -0.3 is 25.6 Å². The van der Waals surface area contributed by atoms with Crippen LogP contribution in [0, 0.1) is 0 Å². The third-order valence-corrected chi connectivity index (χ3v) is 9.69. The Hall–Kier alpha value is -4.22. The van der Waals surface area contributed by atoms with Crippen LogP contribution in [0.15, 0.2) is 83.6 Å². The number of alkyl carbamates (subject to hydrolysis) is 1. The number of hydrogen-bond acceptors (Lipinski definition) is 7. The van der Waals surface area contributed by atoms with E-state index in [0.717, 1.165) is 26.7 Å². The Balaban J connectivity index is 1.37. The third-order valence-electron chi connectivity index (χ3n) is 7.65. The molecule has 0 aliphatic carbocycles. The largest absolute Gasteiger partial charge is 0.444 e. The van der Waals surface area contributed by atoms with Gasteiger partial charge in [-0.05, 0) is 55.2 Å². The van der Waals surface area contributed by atoms with Crippen LogP contribution >= 0.6 is 22.7 Å². The van der Waals surface area contributed by atoms with Crippen molar-refractivity contribution in [2.75, 3.05) is 7.05 Å². The van der Waals surface area contributed by atoms with Crippen molar-refractivity contribution < 1.29 is 19.1 Å². The molecule has 0 bridgehead atoms. The van der Waals surface area contributed by atoms with Crippen molar-refractivity contribution in [2.24, 2.45) is 0 Å². The topological polar surface area (TPSA) is 113 Å². The summed E-state index contributed by atoms with van der Waals surface area (Å²) < 4.78 is 5.50. The van der Waals surface area contributed by atoms with E-state index in [4.69, 9.17) is 4.74 Å². The smallest absolute Gasteiger partial charge is 0.407 e. The molecule has 0 saturated carbocycles. The number of thiophene rings is 1. The molecule has 3 atom stereocenters. The number of carbonyl (C=O) groups excluding carboxylic acids is 3. The molecule has 2 aromatic heterocycles. The second-order valence-corrected chi connectivity index (χ2v) is 13.9. The van der Waals surface area contributed by atoms with E-state index in [1.807, 2.05) is 83.6 Å². The van der Waals surface area contributed by atoms with Crippen LogP contribution in [0.5, 0.6) is 0 Å². The lowest BCUT2D eigenvalue weighted by molar-refractivity contribution is -0.123. The highest BCUT2D eigenvalue weighted by Crippen LogP contribution is 2.20. The molecule has 250 valence electrons. The molecule has 3 N–H and O–H groups in total. The predicted octanol–water partition coefficient (Wildman–Crippen LogP) is 6.90. The van der Waals surface area contributed by atoms with E-state index in [1.54, 1.807) is 25.3 Å². The maximum Gasteiger partial charge on any atom is 0.407 e. The molecule has 0 radical (unpaired) electrons. The molecular weight excluding hydrogens is 631 g/mol. The average molecular weight is 676 g/mol. The highest BCUT2D eigenvalue weighted by molar-refractivity contribution is 7.10. The standard InChI is InChI=1S/C36H45N5O4S2/c1-25(2)34-39-31(24-47-34)22-41(4)35(43)37-26(3)33(42)38-29(20-27-12-7-5-8-13-27)17-18-30(21-28-14-9-6-10-15-28)40-36(44)45-23-32-16-11-19-46-32/h5-16,19,24-26,29-30H,17-18,20-23H2,1-4H3,(H,37,43)(H,38,42)(H,40,44)/t26-,29+,30+/m0/s1. The van der Waals surface area contributed by atoms with Gasteiger partial charge in [-0.1, -0.05) is 80.6 Å². The molecule has 2 heterocycles. The van der Waals surface area contributed by atoms with E-state index in [9.17, 15) is 14.4 Å². The molecule has 0 fully saturated rings. The first kappa shape index (κ1) is 35.6. The van der Waals surface area contributed by atoms with Gasteiger partial charge in [-0.2, -0.15) is 0 Å². The fourth-order valence-corrected chi connectivity index (χ4v) is 6.49. The van der Waals surface area contributed by atoms with Crippen LogP contribution in [0.1, 0.15) is 66.2 Å². The number of ether oxygens (including phenoxy) is 1. The van der Waals surface area contributed by atoms with Crippen molar-refractivity contribution in [1.29, 1.82) is 0 Å². The van der Waals surface area contributed by atoms with E-state index in [2.05, 4.69) is 34.8 Å². The summed E-state index contributed by atoms with van der Waals surface area (Å²) in [5, 5.41) is 14.0. The lowest BCUT2D eigenvalue weighted by atomic mass is 9.96. The van der Waals surface area contributed by atoms with E-state index in [-0.39, 0.29) is 30.6 Å².